The van der Waals surface area contributed by atoms with E-state index in [4.69, 9.17) is 21.6 Å². The molecule has 0 saturated carbocycles. The Hall–Kier alpha value is -0.505. The third-order valence-corrected chi connectivity index (χ3v) is 2.09. The summed E-state index contributed by atoms with van der Waals surface area (Å²) in [5, 5.41) is 17.9. The van der Waals surface area contributed by atoms with E-state index in [9.17, 15) is 0 Å². The lowest BCUT2D eigenvalue weighted by Crippen LogP contribution is -2.24. The smallest absolute Gasteiger partial charge is 0.427 e. The molecule has 4 heteroatoms. The predicted molar refractivity (Wildman–Crippen MR) is 50.1 cm³/mol. The quantitative estimate of drug-likeness (QED) is 0.544. The SMILES string of the molecule is OB(O)C(CCl)c1ccccc1. The molecule has 0 spiro atoms. The van der Waals surface area contributed by atoms with Crippen LogP contribution in [0.3, 0.4) is 0 Å². The molecule has 0 heterocycles. The van der Waals surface area contributed by atoms with Crippen molar-refractivity contribution < 1.29 is 10.0 Å². The molecule has 1 rings (SSSR count). The number of rotatable bonds is 3. The van der Waals surface area contributed by atoms with Crippen molar-refractivity contribution in [3.8, 4) is 0 Å². The van der Waals surface area contributed by atoms with Crippen LogP contribution in [0.5, 0.6) is 0 Å². The first-order valence-corrected chi connectivity index (χ1v) is 4.26. The van der Waals surface area contributed by atoms with Crippen LogP contribution in [0, 0.1) is 0 Å². The Morgan fingerprint density at radius 2 is 1.83 bits per heavy atom. The van der Waals surface area contributed by atoms with Gasteiger partial charge in [0.05, 0.1) is 0 Å². The van der Waals surface area contributed by atoms with Gasteiger partial charge in [0.15, 0.2) is 0 Å². The maximum absolute atomic E-state index is 8.94. The standard InChI is InChI=1S/C8H10BClO2/c10-6-8(9(11)12)7-4-2-1-3-5-7/h1-5,8,11-12H,6H2. The van der Waals surface area contributed by atoms with E-state index in [1.807, 2.05) is 30.3 Å². The maximum atomic E-state index is 8.94. The highest BCUT2D eigenvalue weighted by Gasteiger charge is 2.23. The summed E-state index contributed by atoms with van der Waals surface area (Å²) in [6, 6.07) is 9.21. The Morgan fingerprint density at radius 1 is 1.25 bits per heavy atom. The van der Waals surface area contributed by atoms with Crippen molar-refractivity contribution in [1.82, 2.24) is 0 Å². The van der Waals surface area contributed by atoms with Gasteiger partial charge in [0.25, 0.3) is 0 Å². The summed E-state index contributed by atoms with van der Waals surface area (Å²) in [4.78, 5) is 0. The summed E-state index contributed by atoms with van der Waals surface area (Å²) in [5.41, 5.74) is 0.850. The predicted octanol–water partition coefficient (Wildman–Crippen LogP) is 1.02. The molecule has 0 aromatic heterocycles. The molecule has 1 aromatic rings. The number of halogens is 1. The van der Waals surface area contributed by atoms with Gasteiger partial charge in [0, 0.05) is 11.7 Å². The van der Waals surface area contributed by atoms with Gasteiger partial charge in [0.2, 0.25) is 0 Å². The van der Waals surface area contributed by atoms with Crippen LogP contribution >= 0.6 is 11.6 Å². The first-order valence-electron chi connectivity index (χ1n) is 3.72. The van der Waals surface area contributed by atoms with E-state index < -0.39 is 12.9 Å². The van der Waals surface area contributed by atoms with Crippen molar-refractivity contribution in [3.05, 3.63) is 35.9 Å². The highest BCUT2D eigenvalue weighted by atomic mass is 35.5. The van der Waals surface area contributed by atoms with Crippen molar-refractivity contribution in [3.63, 3.8) is 0 Å². The largest absolute Gasteiger partial charge is 0.460 e. The minimum atomic E-state index is -1.38. The second-order valence-electron chi connectivity index (χ2n) is 2.59. The summed E-state index contributed by atoms with van der Waals surface area (Å²) in [6.07, 6.45) is 0. The number of alkyl halides is 1. The summed E-state index contributed by atoms with van der Waals surface area (Å²) in [6.45, 7) is 0. The molecule has 1 atom stereocenters. The van der Waals surface area contributed by atoms with Gasteiger partial charge in [-0.25, -0.2) is 0 Å². The van der Waals surface area contributed by atoms with Crippen LogP contribution in [-0.2, 0) is 0 Å². The third-order valence-electron chi connectivity index (χ3n) is 1.75. The van der Waals surface area contributed by atoms with E-state index in [0.29, 0.717) is 0 Å². The second kappa shape index (κ2) is 4.50. The fraction of sp³-hybridized carbons (Fsp3) is 0.250. The molecule has 0 aliphatic heterocycles. The summed E-state index contributed by atoms with van der Waals surface area (Å²) < 4.78 is 0. The van der Waals surface area contributed by atoms with Gasteiger partial charge < -0.3 is 10.0 Å². The molecule has 1 aromatic carbocycles. The van der Waals surface area contributed by atoms with E-state index in [1.165, 1.54) is 0 Å². The van der Waals surface area contributed by atoms with E-state index in [-0.39, 0.29) is 5.88 Å². The molecule has 0 fully saturated rings. The molecule has 2 N–H and O–H groups in total. The van der Waals surface area contributed by atoms with Crippen LogP contribution < -0.4 is 0 Å². The van der Waals surface area contributed by atoms with Crippen molar-refractivity contribution >= 4 is 18.7 Å². The zero-order chi connectivity index (χ0) is 8.97. The third kappa shape index (κ3) is 2.24. The second-order valence-corrected chi connectivity index (χ2v) is 2.89. The Morgan fingerprint density at radius 3 is 2.25 bits per heavy atom. The van der Waals surface area contributed by atoms with E-state index in [0.717, 1.165) is 5.56 Å². The Kier molecular flexibility index (Phi) is 3.60. The number of hydrogen-bond donors (Lipinski definition) is 2. The molecule has 0 aliphatic rings. The molecule has 64 valence electrons. The van der Waals surface area contributed by atoms with Gasteiger partial charge in [0.1, 0.15) is 0 Å². The average molecular weight is 184 g/mol. The lowest BCUT2D eigenvalue weighted by molar-refractivity contribution is 0.392. The highest BCUT2D eigenvalue weighted by molar-refractivity contribution is 6.45. The molecule has 1 unspecified atom stereocenters. The minimum absolute atomic E-state index is 0.210. The monoisotopic (exact) mass is 184 g/mol. The molecule has 0 aliphatic carbocycles. The topological polar surface area (TPSA) is 40.5 Å². The molecular weight excluding hydrogens is 174 g/mol. The first kappa shape index (κ1) is 9.58. The molecule has 2 nitrogen and oxygen atoms in total. The lowest BCUT2D eigenvalue weighted by Gasteiger charge is -2.11. The van der Waals surface area contributed by atoms with Crippen LogP contribution in [0.25, 0.3) is 0 Å². The van der Waals surface area contributed by atoms with Crippen LogP contribution in [0.2, 0.25) is 0 Å². The summed E-state index contributed by atoms with van der Waals surface area (Å²) in [5.74, 6) is -0.185. The molecule has 0 radical (unpaired) electrons. The fourth-order valence-electron chi connectivity index (χ4n) is 1.04. The van der Waals surface area contributed by atoms with Crippen LogP contribution in [0.4, 0.5) is 0 Å². The number of benzene rings is 1. The molecule has 0 bridgehead atoms. The van der Waals surface area contributed by atoms with Gasteiger partial charge in [-0.15, -0.1) is 11.6 Å². The van der Waals surface area contributed by atoms with Gasteiger partial charge in [-0.2, -0.15) is 0 Å². The molecular formula is C8H10BClO2. The fourth-order valence-corrected chi connectivity index (χ4v) is 1.38. The average Bonchev–Trinajstić information content (AvgIpc) is 2.07. The van der Waals surface area contributed by atoms with E-state index in [1.54, 1.807) is 0 Å². The summed E-state index contributed by atoms with van der Waals surface area (Å²) in [7, 11) is -1.38. The minimum Gasteiger partial charge on any atom is -0.427 e. The maximum Gasteiger partial charge on any atom is 0.460 e. The van der Waals surface area contributed by atoms with Gasteiger partial charge >= 0.3 is 7.12 Å². The Bertz CT molecular complexity index is 228. The summed E-state index contributed by atoms with van der Waals surface area (Å²) >= 11 is 5.58. The Labute approximate surface area is 76.9 Å². The molecule has 0 saturated heterocycles. The van der Waals surface area contributed by atoms with Gasteiger partial charge in [-0.05, 0) is 5.56 Å². The highest BCUT2D eigenvalue weighted by Crippen LogP contribution is 2.17. The zero-order valence-corrected chi connectivity index (χ0v) is 7.28. The zero-order valence-electron chi connectivity index (χ0n) is 6.52. The van der Waals surface area contributed by atoms with Crippen LogP contribution in [0.1, 0.15) is 11.4 Å². The van der Waals surface area contributed by atoms with Crippen LogP contribution in [0.15, 0.2) is 30.3 Å². The Balaban J connectivity index is 2.80. The van der Waals surface area contributed by atoms with Gasteiger partial charge in [-0.1, -0.05) is 30.3 Å². The van der Waals surface area contributed by atoms with Crippen molar-refractivity contribution in [2.24, 2.45) is 0 Å². The first-order chi connectivity index (χ1) is 5.75. The number of hydrogen-bond acceptors (Lipinski definition) is 2. The van der Waals surface area contributed by atoms with Gasteiger partial charge in [-0.3, -0.25) is 0 Å². The van der Waals surface area contributed by atoms with Crippen molar-refractivity contribution in [1.29, 1.82) is 0 Å². The van der Waals surface area contributed by atoms with E-state index in [2.05, 4.69) is 0 Å². The molecule has 12 heavy (non-hydrogen) atoms. The lowest BCUT2D eigenvalue weighted by atomic mass is 9.70. The molecule has 0 amide bonds. The van der Waals surface area contributed by atoms with Crippen molar-refractivity contribution in [2.75, 3.05) is 5.88 Å². The van der Waals surface area contributed by atoms with Crippen LogP contribution in [-0.4, -0.2) is 23.0 Å². The van der Waals surface area contributed by atoms with Crippen molar-refractivity contribution in [2.45, 2.75) is 5.82 Å². The normalized spacial score (nSPS) is 12.6. The van der Waals surface area contributed by atoms with E-state index >= 15 is 0 Å².